The van der Waals surface area contributed by atoms with Gasteiger partial charge in [-0.25, -0.2) is 0 Å². The summed E-state index contributed by atoms with van der Waals surface area (Å²) in [6, 6.07) is 0.460. The van der Waals surface area contributed by atoms with E-state index in [0.717, 1.165) is 71.5 Å². The minimum atomic E-state index is 0.460. The van der Waals surface area contributed by atoms with Gasteiger partial charge in [-0.05, 0) is 19.8 Å². The van der Waals surface area contributed by atoms with Crippen molar-refractivity contribution in [1.29, 1.82) is 0 Å². The molecule has 2 rings (SSSR count). The normalized spacial score (nSPS) is 23.6. The fourth-order valence-electron chi connectivity index (χ4n) is 3.61. The van der Waals surface area contributed by atoms with Crippen LogP contribution in [-0.4, -0.2) is 76.1 Å². The summed E-state index contributed by atoms with van der Waals surface area (Å²) in [4.78, 5) is 7.46. The van der Waals surface area contributed by atoms with Gasteiger partial charge < -0.3 is 20.1 Å². The van der Waals surface area contributed by atoms with Crippen LogP contribution in [0, 0.1) is 5.92 Å². The molecule has 25 heavy (non-hydrogen) atoms. The Bertz CT molecular complexity index is 366. The van der Waals surface area contributed by atoms with Crippen molar-refractivity contribution in [2.45, 2.75) is 52.0 Å². The quantitative estimate of drug-likeness (QED) is 0.356. The Morgan fingerprint density at radius 3 is 2.60 bits per heavy atom. The first-order chi connectivity index (χ1) is 12.3. The van der Waals surface area contributed by atoms with E-state index in [1.165, 1.54) is 25.7 Å². The summed E-state index contributed by atoms with van der Waals surface area (Å²) >= 11 is 0. The number of hydrogen-bond acceptors (Lipinski definition) is 4. The third kappa shape index (κ3) is 7.50. The zero-order valence-electron chi connectivity index (χ0n) is 16.3. The fraction of sp³-hybridized carbons (Fsp3) is 0.947. The summed E-state index contributed by atoms with van der Waals surface area (Å²) in [5.41, 5.74) is 0. The molecular weight excluding hydrogens is 316 g/mol. The molecular formula is C19H38N4O2. The van der Waals surface area contributed by atoms with Gasteiger partial charge >= 0.3 is 0 Å². The van der Waals surface area contributed by atoms with Gasteiger partial charge in [0.1, 0.15) is 0 Å². The molecule has 0 radical (unpaired) electrons. The van der Waals surface area contributed by atoms with E-state index < -0.39 is 0 Å². The molecule has 0 aromatic rings. The first-order valence-electron chi connectivity index (χ1n) is 10.3. The highest BCUT2D eigenvalue weighted by Crippen LogP contribution is 2.22. The highest BCUT2D eigenvalue weighted by atomic mass is 16.5. The zero-order valence-corrected chi connectivity index (χ0v) is 16.3. The average molecular weight is 355 g/mol. The van der Waals surface area contributed by atoms with Crippen molar-refractivity contribution in [2.24, 2.45) is 10.9 Å². The summed E-state index contributed by atoms with van der Waals surface area (Å²) in [5.74, 6) is 1.55. The molecule has 0 aromatic heterocycles. The topological polar surface area (TPSA) is 58.1 Å². The fourth-order valence-corrected chi connectivity index (χ4v) is 3.61. The Hall–Kier alpha value is -0.850. The van der Waals surface area contributed by atoms with Crippen molar-refractivity contribution < 1.29 is 9.47 Å². The number of morpholine rings is 1. The lowest BCUT2D eigenvalue weighted by molar-refractivity contribution is 0.00368. The molecule has 146 valence electrons. The second-order valence-electron chi connectivity index (χ2n) is 7.05. The van der Waals surface area contributed by atoms with E-state index in [-0.39, 0.29) is 0 Å². The van der Waals surface area contributed by atoms with E-state index in [0.29, 0.717) is 12.0 Å². The summed E-state index contributed by atoms with van der Waals surface area (Å²) < 4.78 is 11.2. The van der Waals surface area contributed by atoms with E-state index in [9.17, 15) is 0 Å². The minimum Gasteiger partial charge on any atom is -0.381 e. The molecule has 2 aliphatic heterocycles. The van der Waals surface area contributed by atoms with Crippen molar-refractivity contribution in [2.75, 3.05) is 59.2 Å². The molecule has 2 heterocycles. The summed E-state index contributed by atoms with van der Waals surface area (Å²) in [6.07, 6.45) is 6.24. The van der Waals surface area contributed by atoms with Gasteiger partial charge in [-0.2, -0.15) is 0 Å². The van der Waals surface area contributed by atoms with E-state index in [1.807, 2.05) is 0 Å². The molecule has 2 saturated heterocycles. The lowest BCUT2D eigenvalue weighted by atomic mass is 9.97. The summed E-state index contributed by atoms with van der Waals surface area (Å²) in [7, 11) is 0. The molecule has 2 unspecified atom stereocenters. The second kappa shape index (κ2) is 12.5. The van der Waals surface area contributed by atoms with Crippen LogP contribution in [0.2, 0.25) is 0 Å². The predicted molar refractivity (Wildman–Crippen MR) is 103 cm³/mol. The lowest BCUT2D eigenvalue weighted by Crippen LogP contribution is -2.49. The van der Waals surface area contributed by atoms with Crippen molar-refractivity contribution >= 4 is 5.96 Å². The zero-order chi connectivity index (χ0) is 17.7. The highest BCUT2D eigenvalue weighted by molar-refractivity contribution is 5.79. The summed E-state index contributed by atoms with van der Waals surface area (Å²) in [6.45, 7) is 12.6. The van der Waals surface area contributed by atoms with Crippen LogP contribution in [0.1, 0.15) is 46.0 Å². The van der Waals surface area contributed by atoms with Crippen LogP contribution >= 0.6 is 0 Å². The maximum atomic E-state index is 5.65. The van der Waals surface area contributed by atoms with Gasteiger partial charge in [0.25, 0.3) is 0 Å². The average Bonchev–Trinajstić information content (AvgIpc) is 3.17. The SMILES string of the molecule is CCCCCCNC(=NCC(C1CCOC1)N1CCOCC1)NCC. The van der Waals surface area contributed by atoms with Gasteiger partial charge in [0.05, 0.1) is 26.4 Å². The number of rotatable bonds is 10. The first-order valence-corrected chi connectivity index (χ1v) is 10.3. The smallest absolute Gasteiger partial charge is 0.191 e. The Morgan fingerprint density at radius 2 is 1.92 bits per heavy atom. The Labute approximate surface area is 153 Å². The van der Waals surface area contributed by atoms with Crippen LogP contribution in [0.25, 0.3) is 0 Å². The number of guanidine groups is 1. The first kappa shape index (κ1) is 20.5. The maximum Gasteiger partial charge on any atom is 0.191 e. The molecule has 0 spiro atoms. The molecule has 0 amide bonds. The highest BCUT2D eigenvalue weighted by Gasteiger charge is 2.31. The van der Waals surface area contributed by atoms with Crippen molar-refractivity contribution in [3.8, 4) is 0 Å². The Morgan fingerprint density at radius 1 is 1.08 bits per heavy atom. The molecule has 6 nitrogen and oxygen atoms in total. The van der Waals surface area contributed by atoms with Crippen LogP contribution in [0.3, 0.4) is 0 Å². The van der Waals surface area contributed by atoms with E-state index in [2.05, 4.69) is 29.4 Å². The van der Waals surface area contributed by atoms with Crippen LogP contribution in [0.15, 0.2) is 4.99 Å². The molecule has 2 N–H and O–H groups in total. The summed E-state index contributed by atoms with van der Waals surface area (Å²) in [5, 5.41) is 6.88. The van der Waals surface area contributed by atoms with Crippen molar-refractivity contribution in [1.82, 2.24) is 15.5 Å². The molecule has 2 aliphatic rings. The molecule has 0 aliphatic carbocycles. The van der Waals surface area contributed by atoms with Gasteiger partial charge in [-0.15, -0.1) is 0 Å². The number of nitrogens with zero attached hydrogens (tertiary/aromatic N) is 2. The number of nitrogens with one attached hydrogen (secondary N) is 2. The third-order valence-electron chi connectivity index (χ3n) is 5.13. The second-order valence-corrected chi connectivity index (χ2v) is 7.05. The van der Waals surface area contributed by atoms with E-state index in [4.69, 9.17) is 14.5 Å². The van der Waals surface area contributed by atoms with Gasteiger partial charge in [-0.3, -0.25) is 9.89 Å². The van der Waals surface area contributed by atoms with Gasteiger partial charge in [0.2, 0.25) is 0 Å². The van der Waals surface area contributed by atoms with Gasteiger partial charge in [-0.1, -0.05) is 26.2 Å². The maximum absolute atomic E-state index is 5.65. The van der Waals surface area contributed by atoms with Crippen LogP contribution < -0.4 is 10.6 Å². The molecule has 2 fully saturated rings. The van der Waals surface area contributed by atoms with Crippen molar-refractivity contribution in [3.05, 3.63) is 0 Å². The van der Waals surface area contributed by atoms with Gasteiger partial charge in [0, 0.05) is 44.7 Å². The largest absolute Gasteiger partial charge is 0.381 e. The van der Waals surface area contributed by atoms with Crippen LogP contribution in [-0.2, 0) is 9.47 Å². The molecule has 0 aromatic carbocycles. The Balaban J connectivity index is 1.87. The Kier molecular flexibility index (Phi) is 10.2. The lowest BCUT2D eigenvalue weighted by Gasteiger charge is -2.36. The number of aliphatic imine (C=N–C) groups is 1. The van der Waals surface area contributed by atoms with Crippen molar-refractivity contribution in [3.63, 3.8) is 0 Å². The minimum absolute atomic E-state index is 0.460. The van der Waals surface area contributed by atoms with E-state index in [1.54, 1.807) is 0 Å². The molecule has 6 heteroatoms. The predicted octanol–water partition coefficient (Wildman–Crippen LogP) is 1.86. The molecule has 0 saturated carbocycles. The number of hydrogen-bond donors (Lipinski definition) is 2. The van der Waals surface area contributed by atoms with E-state index >= 15 is 0 Å². The molecule has 0 bridgehead atoms. The van der Waals surface area contributed by atoms with Crippen LogP contribution in [0.4, 0.5) is 0 Å². The standard InChI is InChI=1S/C19H38N4O2/c1-3-5-6-7-9-21-19(20-4-2)22-15-18(17-8-12-25-16-17)23-10-13-24-14-11-23/h17-18H,3-16H2,1-2H3,(H2,20,21,22). The number of unbranched alkanes of at least 4 members (excludes halogenated alkanes) is 3. The monoisotopic (exact) mass is 354 g/mol. The van der Waals surface area contributed by atoms with Gasteiger partial charge in [0.15, 0.2) is 5.96 Å². The molecule has 2 atom stereocenters. The number of ether oxygens (including phenoxy) is 2. The third-order valence-corrected chi connectivity index (χ3v) is 5.13. The van der Waals surface area contributed by atoms with Crippen LogP contribution in [0.5, 0.6) is 0 Å².